The molecule has 202 valence electrons. The second-order valence-corrected chi connectivity index (χ2v) is 10.3. The fraction of sp³-hybridized carbons (Fsp3) is 0.483. The number of carbonyl (C=O) groups excluding carboxylic acids is 1. The van der Waals surface area contributed by atoms with E-state index in [9.17, 15) is 9.18 Å². The predicted octanol–water partition coefficient (Wildman–Crippen LogP) is 5.89. The number of amides is 2. The van der Waals surface area contributed by atoms with Crippen LogP contribution in [0.1, 0.15) is 44.9 Å². The highest BCUT2D eigenvalue weighted by molar-refractivity contribution is 5.92. The number of benzene rings is 2. The third-order valence-electron chi connectivity index (χ3n) is 7.55. The van der Waals surface area contributed by atoms with Gasteiger partial charge in [0.05, 0.1) is 12.1 Å². The molecule has 8 nitrogen and oxygen atoms in total. The van der Waals surface area contributed by atoms with Crippen LogP contribution in [0.25, 0.3) is 10.9 Å². The molecule has 0 spiro atoms. The number of hydrogen-bond donors (Lipinski definition) is 3. The van der Waals surface area contributed by atoms with Crippen LogP contribution in [0.15, 0.2) is 48.8 Å². The first-order valence-corrected chi connectivity index (χ1v) is 13.8. The van der Waals surface area contributed by atoms with E-state index in [4.69, 9.17) is 4.74 Å². The molecule has 0 radical (unpaired) electrons. The molecule has 3 aromatic rings. The first kappa shape index (κ1) is 26.2. The fourth-order valence-electron chi connectivity index (χ4n) is 5.31. The molecule has 2 aliphatic rings. The second-order valence-electron chi connectivity index (χ2n) is 10.3. The number of likely N-dealkylation sites (tertiary alicyclic amines) is 1. The topological polar surface area (TPSA) is 91.4 Å². The normalized spacial score (nSPS) is 17.3. The predicted molar refractivity (Wildman–Crippen MR) is 149 cm³/mol. The molecule has 2 aromatic carbocycles. The molecule has 1 aliphatic carbocycles. The van der Waals surface area contributed by atoms with E-state index in [1.807, 2.05) is 42.5 Å². The summed E-state index contributed by atoms with van der Waals surface area (Å²) in [4.78, 5) is 23.4. The zero-order valence-corrected chi connectivity index (χ0v) is 21.8. The molecule has 38 heavy (non-hydrogen) atoms. The third kappa shape index (κ3) is 7.10. The fourth-order valence-corrected chi connectivity index (χ4v) is 5.31. The lowest BCUT2D eigenvalue weighted by atomic mass is 9.96. The zero-order chi connectivity index (χ0) is 26.2. The number of carbonyl (C=O) groups is 1. The van der Waals surface area contributed by atoms with Crippen LogP contribution in [0.3, 0.4) is 0 Å². The second kappa shape index (κ2) is 12.9. The minimum Gasteiger partial charge on any atom is -0.493 e. The average Bonchev–Trinajstić information content (AvgIpc) is 2.94. The Hall–Kier alpha value is -3.46. The molecule has 1 saturated carbocycles. The number of ether oxygens (including phenoxy) is 1. The SMILES string of the molecule is O=C(Nc1ccc(Nc2ncnc3cc(OCC4CCN(CCF)CC4)ccc23)cc1)NC1CCCCC1. The van der Waals surface area contributed by atoms with Crippen LogP contribution >= 0.6 is 0 Å². The summed E-state index contributed by atoms with van der Waals surface area (Å²) in [6, 6.07) is 13.6. The van der Waals surface area contributed by atoms with Gasteiger partial charge in [0.25, 0.3) is 0 Å². The van der Waals surface area contributed by atoms with Crippen LogP contribution in [0.5, 0.6) is 5.75 Å². The monoisotopic (exact) mass is 520 g/mol. The number of hydrogen-bond acceptors (Lipinski definition) is 6. The number of aromatic nitrogens is 2. The van der Waals surface area contributed by atoms with Gasteiger partial charge in [-0.3, -0.25) is 0 Å². The highest BCUT2D eigenvalue weighted by Crippen LogP contribution is 2.28. The van der Waals surface area contributed by atoms with Crippen molar-refractivity contribution in [1.82, 2.24) is 20.2 Å². The van der Waals surface area contributed by atoms with Gasteiger partial charge in [-0.25, -0.2) is 19.2 Å². The van der Waals surface area contributed by atoms with Crippen molar-refractivity contribution in [2.75, 3.05) is 43.5 Å². The van der Waals surface area contributed by atoms with Gasteiger partial charge in [0, 0.05) is 35.4 Å². The number of nitrogens with zero attached hydrogens (tertiary/aromatic N) is 3. The van der Waals surface area contributed by atoms with E-state index in [0.717, 1.165) is 66.8 Å². The number of urea groups is 1. The van der Waals surface area contributed by atoms with E-state index in [0.29, 0.717) is 24.9 Å². The molecular formula is C29H37FN6O2. The van der Waals surface area contributed by atoms with Gasteiger partial charge in [-0.2, -0.15) is 0 Å². The molecule has 1 saturated heterocycles. The van der Waals surface area contributed by atoms with Crippen LogP contribution < -0.4 is 20.7 Å². The van der Waals surface area contributed by atoms with Gasteiger partial charge in [0.1, 0.15) is 24.6 Å². The Morgan fingerprint density at radius 1 is 0.974 bits per heavy atom. The van der Waals surface area contributed by atoms with Gasteiger partial charge >= 0.3 is 6.03 Å². The molecule has 3 N–H and O–H groups in total. The van der Waals surface area contributed by atoms with E-state index in [1.54, 1.807) is 6.33 Å². The maximum Gasteiger partial charge on any atom is 0.319 e. The Morgan fingerprint density at radius 3 is 2.50 bits per heavy atom. The van der Waals surface area contributed by atoms with E-state index in [2.05, 4.69) is 30.8 Å². The summed E-state index contributed by atoms with van der Waals surface area (Å²) in [7, 11) is 0. The van der Waals surface area contributed by atoms with Crippen molar-refractivity contribution >= 4 is 34.1 Å². The minimum absolute atomic E-state index is 0.153. The lowest BCUT2D eigenvalue weighted by Gasteiger charge is -2.31. The average molecular weight is 521 g/mol. The lowest BCUT2D eigenvalue weighted by molar-refractivity contribution is 0.135. The van der Waals surface area contributed by atoms with Crippen molar-refractivity contribution in [3.05, 3.63) is 48.8 Å². The van der Waals surface area contributed by atoms with Crippen LogP contribution in [0.4, 0.5) is 26.4 Å². The van der Waals surface area contributed by atoms with Gasteiger partial charge in [0.15, 0.2) is 0 Å². The van der Waals surface area contributed by atoms with Crippen LogP contribution in [-0.4, -0.2) is 59.9 Å². The third-order valence-corrected chi connectivity index (χ3v) is 7.55. The number of alkyl halides is 1. The Bertz CT molecular complexity index is 1190. The summed E-state index contributed by atoms with van der Waals surface area (Å²) in [5.41, 5.74) is 2.41. The number of halogens is 1. The molecule has 2 heterocycles. The zero-order valence-electron chi connectivity index (χ0n) is 21.8. The van der Waals surface area contributed by atoms with Gasteiger partial charge < -0.3 is 25.6 Å². The summed E-state index contributed by atoms with van der Waals surface area (Å²) in [6.07, 6.45) is 9.33. The lowest BCUT2D eigenvalue weighted by Crippen LogP contribution is -2.38. The van der Waals surface area contributed by atoms with Gasteiger partial charge in [-0.1, -0.05) is 19.3 Å². The number of piperidine rings is 1. The van der Waals surface area contributed by atoms with Gasteiger partial charge in [0.2, 0.25) is 0 Å². The first-order chi connectivity index (χ1) is 18.7. The van der Waals surface area contributed by atoms with Gasteiger partial charge in [-0.05, 0) is 81.1 Å². The smallest absolute Gasteiger partial charge is 0.319 e. The van der Waals surface area contributed by atoms with Crippen molar-refractivity contribution in [3.8, 4) is 5.75 Å². The Balaban J connectivity index is 1.15. The quantitative estimate of drug-likeness (QED) is 0.326. The molecule has 9 heteroatoms. The van der Waals surface area contributed by atoms with E-state index >= 15 is 0 Å². The molecule has 2 fully saturated rings. The summed E-state index contributed by atoms with van der Waals surface area (Å²) in [5, 5.41) is 10.3. The number of rotatable bonds is 9. The summed E-state index contributed by atoms with van der Waals surface area (Å²) < 4.78 is 18.6. The standard InChI is InChI=1S/C29H37FN6O2/c30-14-17-36-15-12-21(13-16-36)19-38-25-10-11-26-27(18-25)31-20-32-28(26)33-23-6-8-24(9-7-23)35-29(37)34-22-4-2-1-3-5-22/h6-11,18,20-22H,1-5,12-17,19H2,(H,31,32,33)(H2,34,35,37). The molecule has 5 rings (SSSR count). The maximum absolute atomic E-state index is 12.5. The van der Waals surface area contributed by atoms with Crippen molar-refractivity contribution in [2.45, 2.75) is 51.0 Å². The van der Waals surface area contributed by atoms with Gasteiger partial charge in [-0.15, -0.1) is 0 Å². The van der Waals surface area contributed by atoms with Crippen molar-refractivity contribution in [1.29, 1.82) is 0 Å². The number of fused-ring (bicyclic) bond motifs is 1. The molecule has 0 unspecified atom stereocenters. The molecule has 2 amide bonds. The molecule has 0 atom stereocenters. The Kier molecular flexibility index (Phi) is 8.86. The first-order valence-electron chi connectivity index (χ1n) is 13.8. The highest BCUT2D eigenvalue weighted by Gasteiger charge is 2.20. The molecule has 0 bridgehead atoms. The van der Waals surface area contributed by atoms with Crippen molar-refractivity contribution in [2.24, 2.45) is 5.92 Å². The summed E-state index contributed by atoms with van der Waals surface area (Å²) in [5.74, 6) is 1.98. The summed E-state index contributed by atoms with van der Waals surface area (Å²) >= 11 is 0. The minimum atomic E-state index is -0.279. The van der Waals surface area contributed by atoms with E-state index in [1.165, 1.54) is 19.3 Å². The van der Waals surface area contributed by atoms with E-state index < -0.39 is 0 Å². The van der Waals surface area contributed by atoms with E-state index in [-0.39, 0.29) is 18.7 Å². The highest BCUT2D eigenvalue weighted by atomic mass is 19.1. The molecular weight excluding hydrogens is 483 g/mol. The van der Waals surface area contributed by atoms with Crippen LogP contribution in [0.2, 0.25) is 0 Å². The van der Waals surface area contributed by atoms with Crippen molar-refractivity contribution in [3.63, 3.8) is 0 Å². The molecule has 1 aromatic heterocycles. The van der Waals surface area contributed by atoms with Crippen LogP contribution in [-0.2, 0) is 0 Å². The summed E-state index contributed by atoms with van der Waals surface area (Å²) in [6.45, 7) is 2.78. The maximum atomic E-state index is 12.5. The Labute approximate surface area is 223 Å². The number of anilines is 3. The Morgan fingerprint density at radius 2 is 1.74 bits per heavy atom. The largest absolute Gasteiger partial charge is 0.493 e. The number of nitrogens with one attached hydrogen (secondary N) is 3. The van der Waals surface area contributed by atoms with Crippen molar-refractivity contribution < 1.29 is 13.9 Å². The molecule has 1 aliphatic heterocycles. The van der Waals surface area contributed by atoms with Crippen LogP contribution in [0, 0.1) is 5.92 Å².